The van der Waals surface area contributed by atoms with Crippen LogP contribution in [-0.2, 0) is 14.3 Å². The van der Waals surface area contributed by atoms with Gasteiger partial charge < -0.3 is 10.1 Å². The van der Waals surface area contributed by atoms with Gasteiger partial charge in [0.05, 0.1) is 18.5 Å². The van der Waals surface area contributed by atoms with Gasteiger partial charge in [0.25, 0.3) is 5.91 Å². The van der Waals surface area contributed by atoms with E-state index in [-0.39, 0.29) is 12.5 Å². The van der Waals surface area contributed by atoms with E-state index in [9.17, 15) is 9.59 Å². The van der Waals surface area contributed by atoms with Crippen LogP contribution in [0.25, 0.3) is 0 Å². The first-order valence-corrected chi connectivity index (χ1v) is 6.99. The fourth-order valence-electron chi connectivity index (χ4n) is 2.55. The van der Waals surface area contributed by atoms with E-state index in [2.05, 4.69) is 5.32 Å². The van der Waals surface area contributed by atoms with Gasteiger partial charge in [-0.15, -0.1) is 0 Å². The molecule has 1 unspecified atom stereocenters. The summed E-state index contributed by atoms with van der Waals surface area (Å²) in [6, 6.07) is 16.4. The molecular formula is C17H16N2O3. The number of methoxy groups -OCH3 is 1. The lowest BCUT2D eigenvalue weighted by Gasteiger charge is -2.34. The van der Waals surface area contributed by atoms with Crippen molar-refractivity contribution in [3.8, 4) is 0 Å². The summed E-state index contributed by atoms with van der Waals surface area (Å²) < 4.78 is 4.70. The summed E-state index contributed by atoms with van der Waals surface area (Å²) in [6.45, 7) is -0.0998. The number of anilines is 2. The van der Waals surface area contributed by atoms with Crippen LogP contribution in [0.3, 0.4) is 0 Å². The Bertz CT molecular complexity index is 700. The number of benzene rings is 2. The number of fused-ring (bicyclic) bond motifs is 1. The van der Waals surface area contributed by atoms with E-state index in [4.69, 9.17) is 4.74 Å². The van der Waals surface area contributed by atoms with Gasteiger partial charge in [0, 0.05) is 0 Å². The maximum atomic E-state index is 12.8. The van der Waals surface area contributed by atoms with Crippen molar-refractivity contribution in [2.45, 2.75) is 6.04 Å². The second kappa shape index (κ2) is 5.89. The summed E-state index contributed by atoms with van der Waals surface area (Å²) in [5.74, 6) is -0.618. The van der Waals surface area contributed by atoms with Gasteiger partial charge in [-0.3, -0.25) is 14.5 Å². The van der Waals surface area contributed by atoms with E-state index in [1.165, 1.54) is 12.0 Å². The molecule has 1 aliphatic rings. The van der Waals surface area contributed by atoms with Crippen molar-refractivity contribution in [3.63, 3.8) is 0 Å². The van der Waals surface area contributed by atoms with Crippen LogP contribution in [0.2, 0.25) is 0 Å². The van der Waals surface area contributed by atoms with Crippen molar-refractivity contribution < 1.29 is 14.3 Å². The van der Waals surface area contributed by atoms with E-state index < -0.39 is 12.0 Å². The largest absolute Gasteiger partial charge is 0.468 e. The van der Waals surface area contributed by atoms with Crippen LogP contribution in [0.4, 0.5) is 11.4 Å². The number of amides is 1. The number of carbonyl (C=O) groups excluding carboxylic acids is 2. The summed E-state index contributed by atoms with van der Waals surface area (Å²) >= 11 is 0. The third-order valence-corrected chi connectivity index (χ3v) is 3.66. The molecule has 0 fully saturated rings. The highest BCUT2D eigenvalue weighted by Gasteiger charge is 2.34. The molecule has 0 spiro atoms. The highest BCUT2D eigenvalue weighted by molar-refractivity contribution is 6.07. The van der Waals surface area contributed by atoms with Crippen LogP contribution >= 0.6 is 0 Å². The zero-order chi connectivity index (χ0) is 15.5. The minimum absolute atomic E-state index is 0.0998. The first kappa shape index (κ1) is 14.1. The number of hydrogen-bond donors (Lipinski definition) is 1. The molecule has 0 saturated carbocycles. The molecule has 2 aromatic carbocycles. The summed E-state index contributed by atoms with van der Waals surface area (Å²) in [6.07, 6.45) is 0. The third-order valence-electron chi connectivity index (χ3n) is 3.66. The average Bonchev–Trinajstić information content (AvgIpc) is 2.57. The van der Waals surface area contributed by atoms with Crippen LogP contribution in [-0.4, -0.2) is 25.5 Å². The van der Waals surface area contributed by atoms with Gasteiger partial charge in [0.1, 0.15) is 12.6 Å². The fraction of sp³-hybridized carbons (Fsp3) is 0.176. The first-order valence-electron chi connectivity index (χ1n) is 6.99. The van der Waals surface area contributed by atoms with Crippen LogP contribution in [0.5, 0.6) is 0 Å². The highest BCUT2D eigenvalue weighted by Crippen LogP contribution is 2.36. The van der Waals surface area contributed by atoms with E-state index in [0.717, 1.165) is 11.3 Å². The molecule has 1 heterocycles. The van der Waals surface area contributed by atoms with Crippen LogP contribution in [0, 0.1) is 0 Å². The molecule has 1 atom stereocenters. The van der Waals surface area contributed by atoms with Gasteiger partial charge in [-0.05, 0) is 17.7 Å². The number of carbonyl (C=O) groups is 2. The normalized spacial score (nSPS) is 16.7. The lowest BCUT2D eigenvalue weighted by molar-refractivity contribution is -0.140. The van der Waals surface area contributed by atoms with Crippen LogP contribution in [0.15, 0.2) is 54.6 Å². The fourth-order valence-corrected chi connectivity index (χ4v) is 2.55. The Labute approximate surface area is 128 Å². The van der Waals surface area contributed by atoms with Crippen molar-refractivity contribution >= 4 is 23.3 Å². The van der Waals surface area contributed by atoms with E-state index in [1.54, 1.807) is 0 Å². The quantitative estimate of drug-likeness (QED) is 0.883. The van der Waals surface area contributed by atoms with Crippen molar-refractivity contribution in [1.82, 2.24) is 0 Å². The minimum atomic E-state index is -0.513. The molecule has 112 valence electrons. The number of para-hydroxylation sites is 2. The number of hydrogen-bond acceptors (Lipinski definition) is 4. The number of nitrogens with one attached hydrogen (secondary N) is 1. The second-order valence-corrected chi connectivity index (χ2v) is 5.01. The molecule has 0 radical (unpaired) electrons. The highest BCUT2D eigenvalue weighted by atomic mass is 16.5. The van der Waals surface area contributed by atoms with Crippen molar-refractivity contribution in [1.29, 1.82) is 0 Å². The van der Waals surface area contributed by atoms with Gasteiger partial charge in [-0.1, -0.05) is 42.5 Å². The molecule has 0 aliphatic carbocycles. The molecular weight excluding hydrogens is 280 g/mol. The van der Waals surface area contributed by atoms with Crippen molar-refractivity contribution in [3.05, 3.63) is 60.2 Å². The predicted octanol–water partition coefficient (Wildman–Crippen LogP) is 2.36. The Balaban J connectivity index is 2.01. The third kappa shape index (κ3) is 2.53. The molecule has 1 aliphatic heterocycles. The molecule has 0 aromatic heterocycles. The zero-order valence-electron chi connectivity index (χ0n) is 12.2. The van der Waals surface area contributed by atoms with Gasteiger partial charge in [-0.25, -0.2) is 0 Å². The molecule has 0 saturated heterocycles. The van der Waals surface area contributed by atoms with Gasteiger partial charge in [-0.2, -0.15) is 0 Å². The standard InChI is InChI=1S/C17H16N2O3/c1-22-15(20)11-19-14-10-6-5-9-13(14)18-16(17(19)21)12-7-3-2-4-8-12/h2-10,16,18H,11H2,1H3. The van der Waals surface area contributed by atoms with Crippen LogP contribution in [0.1, 0.15) is 11.6 Å². The predicted molar refractivity (Wildman–Crippen MR) is 83.6 cm³/mol. The number of ether oxygens (including phenoxy) is 1. The van der Waals surface area contributed by atoms with Crippen LogP contribution < -0.4 is 10.2 Å². The first-order chi connectivity index (χ1) is 10.7. The monoisotopic (exact) mass is 296 g/mol. The Kier molecular flexibility index (Phi) is 3.78. The smallest absolute Gasteiger partial charge is 0.325 e. The maximum Gasteiger partial charge on any atom is 0.325 e. The summed E-state index contributed by atoms with van der Waals surface area (Å²) in [4.78, 5) is 25.9. The topological polar surface area (TPSA) is 58.6 Å². The number of nitrogens with zero attached hydrogens (tertiary/aromatic N) is 1. The molecule has 1 amide bonds. The molecule has 22 heavy (non-hydrogen) atoms. The van der Waals surface area contributed by atoms with Crippen molar-refractivity contribution in [2.75, 3.05) is 23.9 Å². The number of esters is 1. The minimum Gasteiger partial charge on any atom is -0.468 e. The van der Waals surface area contributed by atoms with Gasteiger partial charge >= 0.3 is 5.97 Å². The lowest BCUT2D eigenvalue weighted by Crippen LogP contribution is -2.45. The SMILES string of the molecule is COC(=O)CN1C(=O)C(c2ccccc2)Nc2ccccc21. The summed E-state index contributed by atoms with van der Waals surface area (Å²) in [5, 5.41) is 3.24. The molecule has 2 aromatic rings. The Morgan fingerprint density at radius 1 is 1.14 bits per heavy atom. The summed E-state index contributed by atoms with van der Waals surface area (Å²) in [7, 11) is 1.32. The second-order valence-electron chi connectivity index (χ2n) is 5.01. The van der Waals surface area contributed by atoms with Gasteiger partial charge in [0.15, 0.2) is 0 Å². The van der Waals surface area contributed by atoms with E-state index >= 15 is 0 Å². The summed E-state index contributed by atoms with van der Waals surface area (Å²) in [5.41, 5.74) is 2.36. The van der Waals surface area contributed by atoms with Crippen molar-refractivity contribution in [2.24, 2.45) is 0 Å². The lowest BCUT2D eigenvalue weighted by atomic mass is 10.0. The van der Waals surface area contributed by atoms with E-state index in [0.29, 0.717) is 5.69 Å². The molecule has 1 N–H and O–H groups in total. The van der Waals surface area contributed by atoms with Gasteiger partial charge in [0.2, 0.25) is 0 Å². The molecule has 0 bridgehead atoms. The molecule has 5 nitrogen and oxygen atoms in total. The zero-order valence-corrected chi connectivity index (χ0v) is 12.2. The molecule has 5 heteroatoms. The number of rotatable bonds is 3. The molecule has 3 rings (SSSR count). The Morgan fingerprint density at radius 2 is 1.82 bits per heavy atom. The maximum absolute atomic E-state index is 12.8. The van der Waals surface area contributed by atoms with E-state index in [1.807, 2.05) is 54.6 Å². The average molecular weight is 296 g/mol. The Morgan fingerprint density at radius 3 is 2.55 bits per heavy atom. The Hall–Kier alpha value is -2.82.